The second-order valence-electron chi connectivity index (χ2n) is 5.51. The molecule has 0 aliphatic rings. The summed E-state index contributed by atoms with van der Waals surface area (Å²) in [6.07, 6.45) is 0. The fraction of sp³-hybridized carbons (Fsp3) is 0.111. The number of halogens is 2. The molecule has 0 unspecified atom stereocenters. The standard InChI is InChI=1S/C18H13BrClN3S/c1-11-21-15-6-7-17(19)22-18(15)23(11)10-13-5-4-12(9-14(13)20)16-3-2-8-24-16/h2-9H,10H2,1H3. The highest BCUT2D eigenvalue weighted by Gasteiger charge is 2.12. The molecule has 0 bridgehead atoms. The maximum Gasteiger partial charge on any atom is 0.161 e. The van der Waals surface area contributed by atoms with Crippen LogP contribution in [0.5, 0.6) is 0 Å². The minimum atomic E-state index is 0.648. The molecule has 0 aliphatic carbocycles. The average Bonchev–Trinajstić information content (AvgIpc) is 3.18. The monoisotopic (exact) mass is 417 g/mol. The minimum Gasteiger partial charge on any atom is -0.308 e. The lowest BCUT2D eigenvalue weighted by Gasteiger charge is -2.10. The van der Waals surface area contributed by atoms with E-state index < -0.39 is 0 Å². The van der Waals surface area contributed by atoms with Gasteiger partial charge in [0.15, 0.2) is 5.65 Å². The maximum atomic E-state index is 6.54. The molecule has 0 atom stereocenters. The van der Waals surface area contributed by atoms with E-state index in [0.717, 1.165) is 37.7 Å². The van der Waals surface area contributed by atoms with Gasteiger partial charge < -0.3 is 4.57 Å². The molecule has 0 saturated heterocycles. The summed E-state index contributed by atoms with van der Waals surface area (Å²) in [7, 11) is 0. The highest BCUT2D eigenvalue weighted by molar-refractivity contribution is 9.10. The molecule has 0 amide bonds. The quantitative estimate of drug-likeness (QED) is 0.386. The van der Waals surface area contributed by atoms with Crippen LogP contribution >= 0.6 is 38.9 Å². The molecule has 0 radical (unpaired) electrons. The third-order valence-corrected chi connectivity index (χ3v) is 5.65. The predicted molar refractivity (Wildman–Crippen MR) is 104 cm³/mol. The Bertz CT molecular complexity index is 1020. The van der Waals surface area contributed by atoms with Crippen molar-refractivity contribution in [2.45, 2.75) is 13.5 Å². The van der Waals surface area contributed by atoms with Crippen LogP contribution in [-0.2, 0) is 6.54 Å². The van der Waals surface area contributed by atoms with Crippen molar-refractivity contribution in [3.63, 3.8) is 0 Å². The molecular formula is C18H13BrClN3S. The van der Waals surface area contributed by atoms with Gasteiger partial charge in [-0.3, -0.25) is 0 Å². The largest absolute Gasteiger partial charge is 0.308 e. The van der Waals surface area contributed by atoms with Crippen molar-refractivity contribution >= 4 is 50.0 Å². The molecule has 0 fully saturated rings. The molecule has 3 heterocycles. The van der Waals surface area contributed by atoms with Crippen LogP contribution in [0.1, 0.15) is 11.4 Å². The molecule has 6 heteroatoms. The van der Waals surface area contributed by atoms with E-state index in [9.17, 15) is 0 Å². The highest BCUT2D eigenvalue weighted by Crippen LogP contribution is 2.30. The lowest BCUT2D eigenvalue weighted by Crippen LogP contribution is -2.03. The lowest BCUT2D eigenvalue weighted by atomic mass is 10.1. The number of hydrogen-bond acceptors (Lipinski definition) is 3. The zero-order chi connectivity index (χ0) is 16.7. The lowest BCUT2D eigenvalue weighted by molar-refractivity contribution is 0.777. The molecule has 120 valence electrons. The van der Waals surface area contributed by atoms with Gasteiger partial charge in [0.25, 0.3) is 0 Å². The first-order valence-corrected chi connectivity index (χ1v) is 9.48. The summed E-state index contributed by atoms with van der Waals surface area (Å²) in [5.41, 5.74) is 3.95. The van der Waals surface area contributed by atoms with E-state index >= 15 is 0 Å². The van der Waals surface area contributed by atoms with Crippen molar-refractivity contribution in [2.24, 2.45) is 0 Å². The zero-order valence-corrected chi connectivity index (χ0v) is 16.0. The molecule has 0 N–H and O–H groups in total. The molecule has 3 nitrogen and oxygen atoms in total. The highest BCUT2D eigenvalue weighted by atomic mass is 79.9. The van der Waals surface area contributed by atoms with Crippen LogP contribution < -0.4 is 0 Å². The van der Waals surface area contributed by atoms with E-state index in [1.807, 2.05) is 31.2 Å². The van der Waals surface area contributed by atoms with Crippen molar-refractivity contribution in [3.8, 4) is 10.4 Å². The first kappa shape index (κ1) is 15.8. The molecule has 1 aromatic carbocycles. The van der Waals surface area contributed by atoms with Gasteiger partial charge in [-0.05, 0) is 63.6 Å². The fourth-order valence-corrected chi connectivity index (χ4v) is 3.99. The summed E-state index contributed by atoms with van der Waals surface area (Å²) in [5.74, 6) is 0.925. The van der Waals surface area contributed by atoms with Crippen molar-refractivity contribution < 1.29 is 0 Å². The minimum absolute atomic E-state index is 0.648. The van der Waals surface area contributed by atoms with E-state index in [1.54, 1.807) is 11.3 Å². The Morgan fingerprint density at radius 1 is 1.17 bits per heavy atom. The first-order valence-electron chi connectivity index (χ1n) is 7.43. The summed E-state index contributed by atoms with van der Waals surface area (Å²) < 4.78 is 2.89. The van der Waals surface area contributed by atoms with Gasteiger partial charge in [-0.1, -0.05) is 29.8 Å². The summed E-state index contributed by atoms with van der Waals surface area (Å²) in [5, 5.41) is 2.83. The number of rotatable bonds is 3. The second kappa shape index (κ2) is 6.31. The van der Waals surface area contributed by atoms with Crippen molar-refractivity contribution in [2.75, 3.05) is 0 Å². The molecule has 24 heavy (non-hydrogen) atoms. The van der Waals surface area contributed by atoms with Crippen molar-refractivity contribution in [3.05, 3.63) is 68.9 Å². The molecule has 4 rings (SSSR count). The summed E-state index contributed by atoms with van der Waals surface area (Å²) >= 11 is 11.7. The average molecular weight is 419 g/mol. The number of aryl methyl sites for hydroxylation is 1. The molecular weight excluding hydrogens is 406 g/mol. The van der Waals surface area contributed by atoms with Gasteiger partial charge in [-0.25, -0.2) is 9.97 Å². The third kappa shape index (κ3) is 2.88. The number of benzene rings is 1. The number of imidazole rings is 1. The fourth-order valence-electron chi connectivity index (χ4n) is 2.72. The van der Waals surface area contributed by atoms with Crippen LogP contribution in [0.3, 0.4) is 0 Å². The zero-order valence-electron chi connectivity index (χ0n) is 12.8. The van der Waals surface area contributed by atoms with Crippen LogP contribution in [0.25, 0.3) is 21.6 Å². The van der Waals surface area contributed by atoms with E-state index in [2.05, 4.69) is 54.0 Å². The second-order valence-corrected chi connectivity index (χ2v) is 7.67. The number of thiophene rings is 1. The van der Waals surface area contributed by atoms with Crippen LogP contribution in [0, 0.1) is 6.92 Å². The van der Waals surface area contributed by atoms with Crippen molar-refractivity contribution in [1.29, 1.82) is 0 Å². The number of nitrogens with zero attached hydrogens (tertiary/aromatic N) is 3. The van der Waals surface area contributed by atoms with Gasteiger partial charge in [-0.15, -0.1) is 11.3 Å². The Morgan fingerprint density at radius 3 is 2.79 bits per heavy atom. The van der Waals surface area contributed by atoms with Crippen molar-refractivity contribution in [1.82, 2.24) is 14.5 Å². The van der Waals surface area contributed by atoms with Gasteiger partial charge in [0.05, 0.1) is 6.54 Å². The molecule has 0 saturated carbocycles. The Morgan fingerprint density at radius 2 is 2.04 bits per heavy atom. The van der Waals surface area contributed by atoms with Crippen LogP contribution in [0.4, 0.5) is 0 Å². The number of hydrogen-bond donors (Lipinski definition) is 0. The van der Waals surface area contributed by atoms with E-state index in [-0.39, 0.29) is 0 Å². The van der Waals surface area contributed by atoms with Crippen LogP contribution in [0.15, 0.2) is 52.4 Å². The van der Waals surface area contributed by atoms with E-state index in [4.69, 9.17) is 11.6 Å². The predicted octanol–water partition coefficient (Wildman–Crippen LogP) is 5.93. The SMILES string of the molecule is Cc1nc2ccc(Br)nc2n1Cc1ccc(-c2cccs2)cc1Cl. The Balaban J connectivity index is 1.73. The molecule has 4 aromatic rings. The maximum absolute atomic E-state index is 6.54. The molecule has 0 spiro atoms. The Hall–Kier alpha value is -1.69. The van der Waals surface area contributed by atoms with Crippen LogP contribution in [-0.4, -0.2) is 14.5 Å². The normalized spacial score (nSPS) is 11.3. The summed E-state index contributed by atoms with van der Waals surface area (Å²) in [6.45, 7) is 2.64. The number of aromatic nitrogens is 3. The first-order chi connectivity index (χ1) is 11.6. The Labute approximate surface area is 157 Å². The van der Waals surface area contributed by atoms with Gasteiger partial charge >= 0.3 is 0 Å². The topological polar surface area (TPSA) is 30.7 Å². The van der Waals surface area contributed by atoms with Gasteiger partial charge in [-0.2, -0.15) is 0 Å². The smallest absolute Gasteiger partial charge is 0.161 e. The van der Waals surface area contributed by atoms with Gasteiger partial charge in [0, 0.05) is 9.90 Å². The third-order valence-electron chi connectivity index (χ3n) is 3.94. The summed E-state index contributed by atoms with van der Waals surface area (Å²) in [6, 6.07) is 14.3. The Kier molecular flexibility index (Phi) is 4.16. The van der Waals surface area contributed by atoms with E-state index in [1.165, 1.54) is 4.88 Å². The van der Waals surface area contributed by atoms with Crippen LogP contribution in [0.2, 0.25) is 5.02 Å². The van der Waals surface area contributed by atoms with Gasteiger partial charge in [0.1, 0.15) is 15.9 Å². The summed E-state index contributed by atoms with van der Waals surface area (Å²) in [4.78, 5) is 10.4. The number of pyridine rings is 1. The van der Waals surface area contributed by atoms with Gasteiger partial charge in [0.2, 0.25) is 0 Å². The van der Waals surface area contributed by atoms with E-state index in [0.29, 0.717) is 6.54 Å². The molecule has 3 aromatic heterocycles. The molecule has 0 aliphatic heterocycles. The number of fused-ring (bicyclic) bond motifs is 1.